The second-order valence-corrected chi connectivity index (χ2v) is 11.6. The van der Waals surface area contributed by atoms with Crippen LogP contribution in [0.1, 0.15) is 76.4 Å². The number of sulfonamides is 1. The van der Waals surface area contributed by atoms with E-state index in [9.17, 15) is 13.2 Å². The van der Waals surface area contributed by atoms with E-state index in [0.29, 0.717) is 53.0 Å². The number of benzene rings is 2. The number of unbranched alkanes of at least 4 members (excludes halogenated alkanes) is 3. The molecule has 39 heavy (non-hydrogen) atoms. The molecule has 2 aromatic carbocycles. The second kappa shape index (κ2) is 12.0. The Morgan fingerprint density at radius 3 is 2.46 bits per heavy atom. The average molecular weight is 552 g/mol. The molecule has 2 aromatic heterocycles. The normalized spacial score (nSPS) is 11.8. The van der Waals surface area contributed by atoms with Gasteiger partial charge in [-0.05, 0) is 62.1 Å². The Morgan fingerprint density at radius 1 is 1.05 bits per heavy atom. The molecule has 4 aromatic rings. The van der Waals surface area contributed by atoms with Crippen molar-refractivity contribution in [2.24, 2.45) is 0 Å². The van der Waals surface area contributed by atoms with Gasteiger partial charge in [-0.15, -0.1) is 5.10 Å². The Bertz CT molecular complexity index is 1610. The molecule has 208 valence electrons. The van der Waals surface area contributed by atoms with E-state index in [1.807, 2.05) is 19.1 Å². The molecule has 0 fully saturated rings. The van der Waals surface area contributed by atoms with Crippen LogP contribution in [0.2, 0.25) is 0 Å². The largest absolute Gasteiger partial charge is 0.493 e. The van der Waals surface area contributed by atoms with Crippen LogP contribution in [-0.2, 0) is 16.4 Å². The minimum Gasteiger partial charge on any atom is -0.493 e. The van der Waals surface area contributed by atoms with E-state index in [2.05, 4.69) is 35.5 Å². The quantitative estimate of drug-likeness (QED) is 0.214. The molecule has 0 spiro atoms. The van der Waals surface area contributed by atoms with Gasteiger partial charge in [0, 0.05) is 12.1 Å². The van der Waals surface area contributed by atoms with Crippen LogP contribution in [0, 0.1) is 6.92 Å². The van der Waals surface area contributed by atoms with Crippen molar-refractivity contribution in [3.8, 4) is 17.1 Å². The fraction of sp³-hybridized carbons (Fsp3) is 0.414. The summed E-state index contributed by atoms with van der Waals surface area (Å²) < 4.78 is 36.7. The van der Waals surface area contributed by atoms with Gasteiger partial charge in [0.1, 0.15) is 11.6 Å². The summed E-state index contributed by atoms with van der Waals surface area (Å²) in [6.07, 6.45) is 4.97. The number of nitrogens with one attached hydrogen (secondary N) is 2. The second-order valence-electron chi connectivity index (χ2n) is 9.96. The van der Waals surface area contributed by atoms with Gasteiger partial charge in [-0.2, -0.15) is 0 Å². The first-order valence-electron chi connectivity index (χ1n) is 13.5. The molecule has 0 atom stereocenters. The Morgan fingerprint density at radius 2 is 1.79 bits per heavy atom. The number of aryl methyl sites for hydroxylation is 2. The number of fused-ring (bicyclic) bond motifs is 1. The number of rotatable bonds is 12. The molecule has 4 rings (SSSR count). The lowest BCUT2D eigenvalue weighted by molar-refractivity contribution is 0.341. The van der Waals surface area contributed by atoms with Crippen LogP contribution in [0.4, 0.5) is 5.69 Å². The number of hydrogen-bond donors (Lipinski definition) is 2. The zero-order valence-corrected chi connectivity index (χ0v) is 24.1. The summed E-state index contributed by atoms with van der Waals surface area (Å²) in [6, 6.07) is 11.9. The van der Waals surface area contributed by atoms with Crippen molar-refractivity contribution < 1.29 is 13.2 Å². The van der Waals surface area contributed by atoms with E-state index in [0.717, 1.165) is 31.2 Å². The van der Waals surface area contributed by atoms with Crippen molar-refractivity contribution >= 4 is 21.2 Å². The number of aromatic nitrogens is 4. The fourth-order valence-corrected chi connectivity index (χ4v) is 5.61. The maximum Gasteiger partial charge on any atom is 0.277 e. The summed E-state index contributed by atoms with van der Waals surface area (Å²) in [5, 5.41) is 4.71. The molecule has 0 aliphatic heterocycles. The Kier molecular flexibility index (Phi) is 8.74. The predicted octanol–water partition coefficient (Wildman–Crippen LogP) is 5.84. The zero-order valence-electron chi connectivity index (χ0n) is 23.2. The van der Waals surface area contributed by atoms with Crippen LogP contribution in [0.15, 0.2) is 52.2 Å². The van der Waals surface area contributed by atoms with Crippen LogP contribution in [0.3, 0.4) is 0 Å². The number of aromatic amines is 1. The number of anilines is 1. The lowest BCUT2D eigenvalue weighted by Gasteiger charge is -2.14. The third-order valence-electron chi connectivity index (χ3n) is 6.64. The standard InChI is InChI=1S/C29H37N5O4S/c1-6-8-9-10-11-26-30-20(5)27-29(35)31-28(32-34(26)27)24-18-23(16-17-25(24)38-7-2)39(36,37)33-22-14-12-21(13-15-22)19(3)4/h12-19,33H,6-11H2,1-5H3,(H,31,32,35). The number of ether oxygens (including phenoxy) is 1. The van der Waals surface area contributed by atoms with Gasteiger partial charge in [0.15, 0.2) is 11.3 Å². The molecular formula is C29H37N5O4S. The van der Waals surface area contributed by atoms with Gasteiger partial charge in [0.05, 0.1) is 22.8 Å². The lowest BCUT2D eigenvalue weighted by atomic mass is 10.0. The van der Waals surface area contributed by atoms with E-state index >= 15 is 0 Å². The Balaban J connectivity index is 1.75. The molecule has 9 nitrogen and oxygen atoms in total. The fourth-order valence-electron chi connectivity index (χ4n) is 4.52. The number of imidazole rings is 1. The smallest absolute Gasteiger partial charge is 0.277 e. The molecule has 0 radical (unpaired) electrons. The van der Waals surface area contributed by atoms with Crippen LogP contribution in [-0.4, -0.2) is 34.6 Å². The van der Waals surface area contributed by atoms with Crippen LogP contribution >= 0.6 is 0 Å². The summed E-state index contributed by atoms with van der Waals surface area (Å²) in [5.74, 6) is 1.68. The SMILES string of the molecule is CCCCCCc1nc(C)c2c(=O)[nH]c(-c3cc(S(=O)(=O)Nc4ccc(C(C)C)cc4)ccc3OCC)nn12. The summed E-state index contributed by atoms with van der Waals surface area (Å²) in [5.41, 5.74) is 2.60. The van der Waals surface area contributed by atoms with Gasteiger partial charge >= 0.3 is 0 Å². The Labute approximate surface area is 229 Å². The maximum atomic E-state index is 13.3. The van der Waals surface area contributed by atoms with E-state index in [4.69, 9.17) is 9.84 Å². The average Bonchev–Trinajstić information content (AvgIpc) is 3.22. The zero-order chi connectivity index (χ0) is 28.2. The third-order valence-corrected chi connectivity index (χ3v) is 8.02. The summed E-state index contributed by atoms with van der Waals surface area (Å²) >= 11 is 0. The molecule has 0 saturated carbocycles. The number of nitrogens with zero attached hydrogens (tertiary/aromatic N) is 3. The summed E-state index contributed by atoms with van der Waals surface area (Å²) in [6.45, 7) is 10.3. The van der Waals surface area contributed by atoms with Gasteiger partial charge in [-0.1, -0.05) is 52.2 Å². The first kappa shape index (κ1) is 28.4. The summed E-state index contributed by atoms with van der Waals surface area (Å²) in [4.78, 5) is 20.6. The van der Waals surface area contributed by atoms with Crippen LogP contribution in [0.25, 0.3) is 16.9 Å². The van der Waals surface area contributed by atoms with Gasteiger partial charge in [0.2, 0.25) is 0 Å². The van der Waals surface area contributed by atoms with Crippen molar-refractivity contribution in [1.82, 2.24) is 19.6 Å². The molecule has 0 amide bonds. The summed E-state index contributed by atoms with van der Waals surface area (Å²) in [7, 11) is -3.93. The lowest BCUT2D eigenvalue weighted by Crippen LogP contribution is -2.17. The van der Waals surface area contributed by atoms with Crippen molar-refractivity contribution in [3.05, 3.63) is 69.9 Å². The predicted molar refractivity (Wildman–Crippen MR) is 154 cm³/mol. The highest BCUT2D eigenvalue weighted by Gasteiger charge is 2.21. The van der Waals surface area contributed by atoms with Crippen LogP contribution in [0.5, 0.6) is 5.75 Å². The van der Waals surface area contributed by atoms with Crippen LogP contribution < -0.4 is 15.0 Å². The molecule has 0 saturated heterocycles. The molecular weight excluding hydrogens is 514 g/mol. The molecule has 10 heteroatoms. The van der Waals surface area contributed by atoms with Crippen molar-refractivity contribution in [3.63, 3.8) is 0 Å². The third kappa shape index (κ3) is 6.33. The first-order valence-corrected chi connectivity index (χ1v) is 15.0. The molecule has 0 aliphatic rings. The van der Waals surface area contributed by atoms with E-state index < -0.39 is 10.0 Å². The maximum absolute atomic E-state index is 13.3. The monoisotopic (exact) mass is 551 g/mol. The number of hydrogen-bond acceptors (Lipinski definition) is 6. The van der Waals surface area contributed by atoms with Gasteiger partial charge in [-0.3, -0.25) is 9.52 Å². The molecule has 2 heterocycles. The van der Waals surface area contributed by atoms with Crippen molar-refractivity contribution in [1.29, 1.82) is 0 Å². The van der Waals surface area contributed by atoms with E-state index in [1.165, 1.54) is 12.1 Å². The van der Waals surface area contributed by atoms with Gasteiger partial charge in [0.25, 0.3) is 15.6 Å². The highest BCUT2D eigenvalue weighted by Crippen LogP contribution is 2.31. The van der Waals surface area contributed by atoms with E-state index in [-0.39, 0.29) is 16.3 Å². The minimum absolute atomic E-state index is 0.0261. The molecule has 0 aliphatic carbocycles. The topological polar surface area (TPSA) is 118 Å². The van der Waals surface area contributed by atoms with E-state index in [1.54, 1.807) is 29.6 Å². The molecule has 2 N–H and O–H groups in total. The minimum atomic E-state index is -3.93. The molecule has 0 bridgehead atoms. The van der Waals surface area contributed by atoms with Gasteiger partial charge in [-0.25, -0.2) is 17.9 Å². The highest BCUT2D eigenvalue weighted by molar-refractivity contribution is 7.92. The highest BCUT2D eigenvalue weighted by atomic mass is 32.2. The van der Waals surface area contributed by atoms with Crippen molar-refractivity contribution in [2.45, 2.75) is 77.5 Å². The van der Waals surface area contributed by atoms with Crippen molar-refractivity contribution in [2.75, 3.05) is 11.3 Å². The van der Waals surface area contributed by atoms with Gasteiger partial charge < -0.3 is 9.72 Å². The molecule has 0 unspecified atom stereocenters. The Hall–Kier alpha value is -3.66. The first-order chi connectivity index (χ1) is 18.6. The number of H-pyrrole nitrogens is 1.